The van der Waals surface area contributed by atoms with Crippen LogP contribution in [0.2, 0.25) is 0 Å². The van der Waals surface area contributed by atoms with Gasteiger partial charge in [-0.15, -0.1) is 0 Å². The molecule has 7 nitrogen and oxygen atoms in total. The molecule has 0 unspecified atom stereocenters. The van der Waals surface area contributed by atoms with Gasteiger partial charge in [0, 0.05) is 36.9 Å². The summed E-state index contributed by atoms with van der Waals surface area (Å²) in [6, 6.07) is 13.1. The Bertz CT molecular complexity index is 1150. The number of benzene rings is 2. The average molecular weight is 422 g/mol. The van der Waals surface area contributed by atoms with E-state index in [0.29, 0.717) is 30.7 Å². The molecule has 2 heterocycles. The second-order valence-corrected chi connectivity index (χ2v) is 7.53. The van der Waals surface area contributed by atoms with Crippen LogP contribution in [0.4, 0.5) is 0 Å². The Kier molecular flexibility index (Phi) is 6.46. The molecule has 0 amide bonds. The molecule has 3 aromatic rings. The Morgan fingerprint density at radius 1 is 1.13 bits per heavy atom. The number of rotatable bonds is 6. The van der Waals surface area contributed by atoms with E-state index < -0.39 is 5.97 Å². The molecule has 2 aromatic carbocycles. The summed E-state index contributed by atoms with van der Waals surface area (Å²) in [6.07, 6.45) is 1.53. The third-order valence-electron chi connectivity index (χ3n) is 5.44. The molecule has 1 N–H and O–H groups in total. The number of hydrogen-bond acceptors (Lipinski definition) is 6. The first kappa shape index (κ1) is 21.2. The molecule has 1 saturated heterocycles. The fourth-order valence-electron chi connectivity index (χ4n) is 3.87. The van der Waals surface area contributed by atoms with E-state index >= 15 is 0 Å². The monoisotopic (exact) mass is 422 g/mol. The van der Waals surface area contributed by atoms with Crippen molar-refractivity contribution in [2.24, 2.45) is 0 Å². The lowest BCUT2D eigenvalue weighted by atomic mass is 10.1. The fourth-order valence-corrected chi connectivity index (χ4v) is 3.87. The summed E-state index contributed by atoms with van der Waals surface area (Å²) in [5.74, 6) is -0.639. The highest BCUT2D eigenvalue weighted by Crippen LogP contribution is 2.21. The minimum atomic E-state index is -0.639. The van der Waals surface area contributed by atoms with Gasteiger partial charge in [0.05, 0.1) is 31.9 Å². The van der Waals surface area contributed by atoms with E-state index in [2.05, 4.69) is 4.90 Å². The fraction of sp³-hybridized carbons (Fsp3) is 0.333. The molecule has 0 radical (unpaired) electrons. The van der Waals surface area contributed by atoms with Crippen LogP contribution in [0.1, 0.15) is 28.4 Å². The van der Waals surface area contributed by atoms with Crippen molar-refractivity contribution in [1.82, 2.24) is 9.47 Å². The van der Waals surface area contributed by atoms with Crippen LogP contribution in [-0.2, 0) is 22.6 Å². The van der Waals surface area contributed by atoms with Crippen molar-refractivity contribution in [3.05, 3.63) is 75.6 Å². The van der Waals surface area contributed by atoms with Gasteiger partial charge in [-0.05, 0) is 42.3 Å². The predicted octanol–water partition coefficient (Wildman–Crippen LogP) is 2.49. The number of ether oxygens (including phenoxy) is 2. The molecule has 0 bridgehead atoms. The summed E-state index contributed by atoms with van der Waals surface area (Å²) in [4.78, 5) is 28.0. The number of hydrogen-bond donors (Lipinski definition) is 1. The zero-order valence-corrected chi connectivity index (χ0v) is 17.5. The largest absolute Gasteiger partial charge is 0.462 e. The number of pyridine rings is 1. The molecular formula is C24H26N2O5. The highest BCUT2D eigenvalue weighted by molar-refractivity contribution is 5.94. The van der Waals surface area contributed by atoms with Gasteiger partial charge in [-0.25, -0.2) is 4.79 Å². The third-order valence-corrected chi connectivity index (χ3v) is 5.44. The lowest BCUT2D eigenvalue weighted by Crippen LogP contribution is -2.35. The average Bonchev–Trinajstić information content (AvgIpc) is 2.80. The first-order valence-electron chi connectivity index (χ1n) is 10.5. The lowest BCUT2D eigenvalue weighted by Gasteiger charge is -2.26. The standard InChI is InChI=1S/C24H26N2O5/c1-2-31-24(29)21-15-26(19-5-3-4-18(12-19)16-27)22-7-6-17(13-20(22)23(21)28)14-25-8-10-30-11-9-25/h3-7,12-13,15,27H,2,8-11,14,16H2,1H3. The van der Waals surface area contributed by atoms with Gasteiger partial charge in [0.2, 0.25) is 5.43 Å². The molecule has 31 heavy (non-hydrogen) atoms. The number of aliphatic hydroxyl groups excluding tert-OH is 1. The number of carbonyl (C=O) groups is 1. The van der Waals surface area contributed by atoms with Gasteiger partial charge in [-0.3, -0.25) is 9.69 Å². The Hall–Kier alpha value is -3.00. The van der Waals surface area contributed by atoms with E-state index in [1.54, 1.807) is 11.5 Å². The van der Waals surface area contributed by atoms with Crippen molar-refractivity contribution in [3.8, 4) is 5.69 Å². The van der Waals surface area contributed by atoms with Crippen LogP contribution in [0, 0.1) is 0 Å². The molecule has 1 aliphatic heterocycles. The number of carbonyl (C=O) groups excluding carboxylic acids is 1. The van der Waals surface area contributed by atoms with Gasteiger partial charge < -0.3 is 19.1 Å². The molecule has 7 heteroatoms. The van der Waals surface area contributed by atoms with Gasteiger partial charge in [0.1, 0.15) is 5.56 Å². The maximum absolute atomic E-state index is 13.2. The first-order chi connectivity index (χ1) is 15.1. The number of esters is 1. The maximum atomic E-state index is 13.2. The number of morpholine rings is 1. The van der Waals surface area contributed by atoms with Crippen LogP contribution < -0.4 is 5.43 Å². The topological polar surface area (TPSA) is 81.0 Å². The summed E-state index contributed by atoms with van der Waals surface area (Å²) >= 11 is 0. The minimum Gasteiger partial charge on any atom is -0.462 e. The van der Waals surface area contributed by atoms with Crippen molar-refractivity contribution in [1.29, 1.82) is 0 Å². The number of aliphatic hydroxyl groups is 1. The van der Waals surface area contributed by atoms with E-state index in [4.69, 9.17) is 9.47 Å². The SMILES string of the molecule is CCOC(=O)c1cn(-c2cccc(CO)c2)c2ccc(CN3CCOCC3)cc2c1=O. The van der Waals surface area contributed by atoms with E-state index in [1.165, 1.54) is 6.20 Å². The number of nitrogens with zero attached hydrogens (tertiary/aromatic N) is 2. The van der Waals surface area contributed by atoms with Gasteiger partial charge in [0.15, 0.2) is 0 Å². The smallest absolute Gasteiger partial charge is 0.343 e. The molecular weight excluding hydrogens is 396 g/mol. The summed E-state index contributed by atoms with van der Waals surface area (Å²) in [5, 5.41) is 9.99. The van der Waals surface area contributed by atoms with E-state index in [1.807, 2.05) is 42.5 Å². The van der Waals surface area contributed by atoms with Crippen molar-refractivity contribution < 1.29 is 19.4 Å². The van der Waals surface area contributed by atoms with Crippen molar-refractivity contribution in [2.45, 2.75) is 20.1 Å². The Labute approximate surface area is 180 Å². The zero-order chi connectivity index (χ0) is 21.8. The lowest BCUT2D eigenvalue weighted by molar-refractivity contribution is 0.0342. The molecule has 4 rings (SSSR count). The van der Waals surface area contributed by atoms with Gasteiger partial charge in [-0.1, -0.05) is 18.2 Å². The summed E-state index contributed by atoms with van der Waals surface area (Å²) < 4.78 is 12.3. The normalized spacial score (nSPS) is 14.6. The molecule has 1 aromatic heterocycles. The van der Waals surface area contributed by atoms with E-state index in [0.717, 1.165) is 29.9 Å². The Morgan fingerprint density at radius 3 is 2.68 bits per heavy atom. The van der Waals surface area contributed by atoms with Crippen LogP contribution in [0.15, 0.2) is 53.5 Å². The highest BCUT2D eigenvalue weighted by atomic mass is 16.5. The maximum Gasteiger partial charge on any atom is 0.343 e. The Balaban J connectivity index is 1.86. The van der Waals surface area contributed by atoms with Crippen LogP contribution in [-0.4, -0.2) is 53.5 Å². The summed E-state index contributed by atoms with van der Waals surface area (Å²) in [5.41, 5.74) is 2.84. The van der Waals surface area contributed by atoms with Crippen molar-refractivity contribution in [3.63, 3.8) is 0 Å². The van der Waals surface area contributed by atoms with Gasteiger partial charge in [0.25, 0.3) is 0 Å². The van der Waals surface area contributed by atoms with Crippen LogP contribution in [0.3, 0.4) is 0 Å². The Morgan fingerprint density at radius 2 is 1.94 bits per heavy atom. The minimum absolute atomic E-state index is 0.00715. The molecule has 1 aliphatic rings. The number of fused-ring (bicyclic) bond motifs is 1. The molecule has 1 fully saturated rings. The molecule has 0 aliphatic carbocycles. The van der Waals surface area contributed by atoms with Crippen molar-refractivity contribution in [2.75, 3.05) is 32.9 Å². The van der Waals surface area contributed by atoms with Gasteiger partial charge >= 0.3 is 5.97 Å². The highest BCUT2D eigenvalue weighted by Gasteiger charge is 2.18. The van der Waals surface area contributed by atoms with E-state index in [-0.39, 0.29) is 24.2 Å². The van der Waals surface area contributed by atoms with E-state index in [9.17, 15) is 14.7 Å². The van der Waals surface area contributed by atoms with Crippen LogP contribution >= 0.6 is 0 Å². The quantitative estimate of drug-likeness (QED) is 0.615. The van der Waals surface area contributed by atoms with Gasteiger partial charge in [-0.2, -0.15) is 0 Å². The summed E-state index contributed by atoms with van der Waals surface area (Å²) in [6.45, 7) is 5.61. The van der Waals surface area contributed by atoms with Crippen LogP contribution in [0.25, 0.3) is 16.6 Å². The first-order valence-corrected chi connectivity index (χ1v) is 10.5. The molecule has 162 valence electrons. The number of aromatic nitrogens is 1. The van der Waals surface area contributed by atoms with Crippen molar-refractivity contribution >= 4 is 16.9 Å². The predicted molar refractivity (Wildman–Crippen MR) is 118 cm³/mol. The molecule has 0 spiro atoms. The van der Waals surface area contributed by atoms with Crippen LogP contribution in [0.5, 0.6) is 0 Å². The second-order valence-electron chi connectivity index (χ2n) is 7.53. The molecule has 0 atom stereocenters. The zero-order valence-electron chi connectivity index (χ0n) is 17.5. The summed E-state index contributed by atoms with van der Waals surface area (Å²) in [7, 11) is 0. The second kappa shape index (κ2) is 9.43. The molecule has 0 saturated carbocycles. The third kappa shape index (κ3) is 4.54.